The van der Waals surface area contributed by atoms with Gasteiger partial charge in [-0.3, -0.25) is 23.4 Å². The van der Waals surface area contributed by atoms with Crippen LogP contribution in [-0.4, -0.2) is 59.9 Å². The predicted molar refractivity (Wildman–Crippen MR) is 235 cm³/mol. The molecule has 0 radical (unpaired) electrons. The number of nitrogens with two attached hydrogens (primary N) is 1. The first-order chi connectivity index (χ1) is 28.1. The third-order valence-corrected chi connectivity index (χ3v) is 10.2. The number of carboxylic acids is 1. The van der Waals surface area contributed by atoms with E-state index in [4.69, 9.17) is 24.8 Å². The van der Waals surface area contributed by atoms with Crippen LogP contribution in [0.5, 0.6) is 0 Å². The number of carboxylic acid groups (broad SMARTS) is 1. The maximum absolute atomic E-state index is 12.6. The van der Waals surface area contributed by atoms with Gasteiger partial charge in [-0.1, -0.05) is 171 Å². The Morgan fingerprint density at radius 1 is 0.552 bits per heavy atom. The first kappa shape index (κ1) is 55.2. The highest BCUT2D eigenvalue weighted by atomic mass is 31.2. The molecule has 1 unspecified atom stereocenters. The first-order valence-corrected chi connectivity index (χ1v) is 23.8. The SMILES string of the molecule is CCC=CCC=CCC=CCC=CCC=CCCCCCC(=O)O[C@H](COC(=O)CCCCCCCCCCCCCCCCC)COP(=O)(O)OC[C@H](N)C(=O)O. The fraction of sp³-hybridized carbons (Fsp3) is 0.717. The van der Waals surface area contributed by atoms with Crippen LogP contribution in [0.4, 0.5) is 0 Å². The summed E-state index contributed by atoms with van der Waals surface area (Å²) in [4.78, 5) is 46.0. The molecule has 12 heteroatoms. The molecule has 0 rings (SSSR count). The zero-order chi connectivity index (χ0) is 42.8. The number of hydrogen-bond donors (Lipinski definition) is 3. The number of unbranched alkanes of at least 4 members (excludes halogenated alkanes) is 17. The van der Waals surface area contributed by atoms with Crippen LogP contribution in [0.15, 0.2) is 60.8 Å². The molecule has 0 fully saturated rings. The minimum Gasteiger partial charge on any atom is -0.480 e. The highest BCUT2D eigenvalue weighted by molar-refractivity contribution is 7.47. The summed E-state index contributed by atoms with van der Waals surface area (Å²) in [5.74, 6) is -2.42. The molecule has 0 aliphatic rings. The van der Waals surface area contributed by atoms with E-state index in [1.165, 1.54) is 70.6 Å². The Bertz CT molecular complexity index is 1210. The van der Waals surface area contributed by atoms with Crippen LogP contribution in [0.1, 0.15) is 181 Å². The second-order valence-electron chi connectivity index (χ2n) is 14.8. The van der Waals surface area contributed by atoms with Gasteiger partial charge in [0.1, 0.15) is 12.6 Å². The third-order valence-electron chi connectivity index (χ3n) is 9.28. The van der Waals surface area contributed by atoms with Gasteiger partial charge in [-0.2, -0.15) is 0 Å². The molecule has 0 bridgehead atoms. The summed E-state index contributed by atoms with van der Waals surface area (Å²) in [5, 5.41) is 8.89. The number of hydrogen-bond acceptors (Lipinski definition) is 9. The molecule has 3 atom stereocenters. The molecule has 0 heterocycles. The molecule has 11 nitrogen and oxygen atoms in total. The zero-order valence-corrected chi connectivity index (χ0v) is 37.0. The van der Waals surface area contributed by atoms with Crippen LogP contribution < -0.4 is 5.73 Å². The highest BCUT2D eigenvalue weighted by Crippen LogP contribution is 2.43. The number of aliphatic carboxylic acids is 1. The van der Waals surface area contributed by atoms with Crippen LogP contribution in [0.25, 0.3) is 0 Å². The molecule has 0 spiro atoms. The van der Waals surface area contributed by atoms with E-state index in [9.17, 15) is 23.8 Å². The zero-order valence-electron chi connectivity index (χ0n) is 36.1. The van der Waals surface area contributed by atoms with Gasteiger partial charge in [0.15, 0.2) is 6.10 Å². The van der Waals surface area contributed by atoms with E-state index in [0.29, 0.717) is 12.8 Å². The van der Waals surface area contributed by atoms with E-state index < -0.39 is 51.1 Å². The van der Waals surface area contributed by atoms with Crippen LogP contribution >= 0.6 is 7.82 Å². The third kappa shape index (κ3) is 40.0. The number of ether oxygens (including phenoxy) is 2. The lowest BCUT2D eigenvalue weighted by atomic mass is 10.0. The van der Waals surface area contributed by atoms with Crippen LogP contribution in [0.3, 0.4) is 0 Å². The van der Waals surface area contributed by atoms with Gasteiger partial charge < -0.3 is 25.2 Å². The summed E-state index contributed by atoms with van der Waals surface area (Å²) in [6.07, 6.45) is 47.1. The minimum atomic E-state index is -4.73. The van der Waals surface area contributed by atoms with Gasteiger partial charge in [-0.05, 0) is 57.8 Å². The number of carbonyl (C=O) groups excluding carboxylic acids is 2. The number of phosphoric ester groups is 1. The van der Waals surface area contributed by atoms with Crippen LogP contribution in [0, 0.1) is 0 Å². The first-order valence-electron chi connectivity index (χ1n) is 22.3. The maximum atomic E-state index is 12.6. The molecular formula is C46H80NO10P. The monoisotopic (exact) mass is 838 g/mol. The lowest BCUT2D eigenvalue weighted by Crippen LogP contribution is -2.34. The molecule has 0 aliphatic carbocycles. The van der Waals surface area contributed by atoms with E-state index in [2.05, 4.69) is 79.1 Å². The number of phosphoric acid groups is 1. The molecule has 58 heavy (non-hydrogen) atoms. The van der Waals surface area contributed by atoms with Crippen molar-refractivity contribution in [2.45, 2.75) is 193 Å². The van der Waals surface area contributed by atoms with Gasteiger partial charge in [0, 0.05) is 12.8 Å². The molecule has 0 saturated heterocycles. The number of rotatable bonds is 41. The molecule has 334 valence electrons. The minimum absolute atomic E-state index is 0.121. The molecule has 0 aliphatic heterocycles. The number of allylic oxidation sites excluding steroid dienone is 10. The lowest BCUT2D eigenvalue weighted by Gasteiger charge is -2.20. The Labute approximate surface area is 351 Å². The van der Waals surface area contributed by atoms with Gasteiger partial charge in [-0.25, -0.2) is 4.57 Å². The fourth-order valence-electron chi connectivity index (χ4n) is 5.80. The maximum Gasteiger partial charge on any atom is 0.472 e. The second-order valence-corrected chi connectivity index (χ2v) is 16.3. The van der Waals surface area contributed by atoms with Crippen molar-refractivity contribution in [3.63, 3.8) is 0 Å². The summed E-state index contributed by atoms with van der Waals surface area (Å²) < 4.78 is 32.7. The summed E-state index contributed by atoms with van der Waals surface area (Å²) >= 11 is 0. The lowest BCUT2D eigenvalue weighted by molar-refractivity contribution is -0.161. The summed E-state index contributed by atoms with van der Waals surface area (Å²) in [7, 11) is -4.73. The summed E-state index contributed by atoms with van der Waals surface area (Å²) in [6.45, 7) is 2.66. The number of carbonyl (C=O) groups is 3. The van der Waals surface area contributed by atoms with Gasteiger partial charge in [0.2, 0.25) is 0 Å². The molecule has 0 aromatic rings. The van der Waals surface area contributed by atoms with Crippen molar-refractivity contribution < 1.29 is 47.5 Å². The normalized spacial score (nSPS) is 14.3. The molecule has 0 amide bonds. The average molecular weight is 838 g/mol. The van der Waals surface area contributed by atoms with Crippen molar-refractivity contribution in [3.8, 4) is 0 Å². The van der Waals surface area contributed by atoms with E-state index in [0.717, 1.165) is 70.6 Å². The van der Waals surface area contributed by atoms with Gasteiger partial charge in [0.25, 0.3) is 0 Å². The Balaban J connectivity index is 4.42. The quantitative estimate of drug-likeness (QED) is 0.0231. The van der Waals surface area contributed by atoms with Crippen molar-refractivity contribution in [1.29, 1.82) is 0 Å². The standard InChI is InChI=1S/C46H80NO10P/c1-3-5-7-9-11-13-15-17-19-20-21-22-24-26-28-30-32-34-36-38-45(49)57-42(40-55-58(52,53)56-41-43(47)46(50)51)39-54-44(48)37-35-33-31-29-27-25-23-18-16-14-12-10-8-6-4-2/h5,7,11,13,17,19,21-22,26,28,42-43H,3-4,6,8-10,12,14-16,18,20,23-25,27,29-41,47H2,1-2H3,(H,50,51)(H,52,53)/t42-,43+/m1/s1. The van der Waals surface area contributed by atoms with Gasteiger partial charge >= 0.3 is 25.7 Å². The van der Waals surface area contributed by atoms with Crippen molar-refractivity contribution >= 4 is 25.7 Å². The number of esters is 2. The van der Waals surface area contributed by atoms with E-state index in [-0.39, 0.29) is 19.4 Å². The molecule has 0 aromatic heterocycles. The van der Waals surface area contributed by atoms with E-state index in [1.54, 1.807) is 0 Å². The smallest absolute Gasteiger partial charge is 0.472 e. The Kier molecular flexibility index (Phi) is 38.9. The molecule has 0 saturated carbocycles. The van der Waals surface area contributed by atoms with Gasteiger partial charge in [-0.15, -0.1) is 0 Å². The largest absolute Gasteiger partial charge is 0.480 e. The van der Waals surface area contributed by atoms with Crippen molar-refractivity contribution in [3.05, 3.63) is 60.8 Å². The molecule has 4 N–H and O–H groups in total. The summed E-state index contributed by atoms with van der Waals surface area (Å²) in [5.41, 5.74) is 5.33. The predicted octanol–water partition coefficient (Wildman–Crippen LogP) is 12.0. The van der Waals surface area contributed by atoms with Crippen molar-refractivity contribution in [1.82, 2.24) is 0 Å². The second kappa shape index (κ2) is 40.9. The van der Waals surface area contributed by atoms with E-state index in [1.807, 2.05) is 0 Å². The van der Waals surface area contributed by atoms with E-state index >= 15 is 0 Å². The van der Waals surface area contributed by atoms with Crippen LogP contribution in [-0.2, 0) is 37.5 Å². The Morgan fingerprint density at radius 2 is 0.966 bits per heavy atom. The average Bonchev–Trinajstić information content (AvgIpc) is 3.20. The topological polar surface area (TPSA) is 172 Å². The van der Waals surface area contributed by atoms with Crippen molar-refractivity contribution in [2.24, 2.45) is 5.73 Å². The molecular weight excluding hydrogens is 757 g/mol. The summed E-state index contributed by atoms with van der Waals surface area (Å²) in [6, 6.07) is -1.53. The fourth-order valence-corrected chi connectivity index (χ4v) is 6.58. The Hall–Kier alpha value is -2.82. The van der Waals surface area contributed by atoms with Crippen molar-refractivity contribution in [2.75, 3.05) is 19.8 Å². The molecule has 0 aromatic carbocycles. The van der Waals surface area contributed by atoms with Gasteiger partial charge in [0.05, 0.1) is 13.2 Å². The Morgan fingerprint density at radius 3 is 1.45 bits per heavy atom. The van der Waals surface area contributed by atoms with Crippen LogP contribution in [0.2, 0.25) is 0 Å². The highest BCUT2D eigenvalue weighted by Gasteiger charge is 2.28.